The van der Waals surface area contributed by atoms with E-state index in [1.54, 1.807) is 12.1 Å². The number of nitrogens with zero attached hydrogens (tertiary/aromatic N) is 2. The Bertz CT molecular complexity index is 2350. The highest BCUT2D eigenvalue weighted by atomic mass is 14.7. The lowest BCUT2D eigenvalue weighted by Crippen LogP contribution is -1.94. The zero-order chi connectivity index (χ0) is 37.1. The molecule has 1 saturated carbocycles. The summed E-state index contributed by atoms with van der Waals surface area (Å²) in [7, 11) is 0. The van der Waals surface area contributed by atoms with E-state index in [9.17, 15) is 0 Å². The van der Waals surface area contributed by atoms with E-state index in [2.05, 4.69) is 139 Å². The van der Waals surface area contributed by atoms with Crippen LogP contribution in [0.25, 0.3) is 55.9 Å². The molecule has 0 spiro atoms. The van der Waals surface area contributed by atoms with Crippen LogP contribution in [0.4, 0.5) is 0 Å². The molecule has 2 aromatic heterocycles. The first-order valence-corrected chi connectivity index (χ1v) is 18.2. The molecular weight excluding hydrogens is 617 g/mol. The summed E-state index contributed by atoms with van der Waals surface area (Å²) in [5.41, 5.74) is 16.6. The lowest BCUT2D eigenvalue weighted by molar-refractivity contribution is 0.723. The van der Waals surface area contributed by atoms with Gasteiger partial charge >= 0.3 is 0 Å². The second kappa shape index (κ2) is 14.7. The van der Waals surface area contributed by atoms with Crippen LogP contribution >= 0.6 is 0 Å². The molecule has 2 heteroatoms. The Morgan fingerprint density at radius 1 is 0.529 bits per heavy atom. The van der Waals surface area contributed by atoms with Gasteiger partial charge in [-0.05, 0) is 119 Å². The highest BCUT2D eigenvalue weighted by molar-refractivity contribution is 5.85. The predicted molar refractivity (Wildman–Crippen MR) is 214 cm³/mol. The molecule has 0 aliphatic heterocycles. The maximum atomic E-state index is 7.59. The van der Waals surface area contributed by atoms with Crippen molar-refractivity contribution in [3.8, 4) is 55.9 Å². The number of aromatic nitrogens is 2. The smallest absolute Gasteiger partial charge is 0.0708 e. The summed E-state index contributed by atoms with van der Waals surface area (Å²) in [6, 6.07) is 49.7. The molecule has 250 valence electrons. The summed E-state index contributed by atoms with van der Waals surface area (Å²) in [6.07, 6.45) is 10.6. The van der Waals surface area contributed by atoms with Crippen LogP contribution in [0.1, 0.15) is 63.5 Å². The zero-order valence-electron chi connectivity index (χ0n) is 32.1. The van der Waals surface area contributed by atoms with Crippen molar-refractivity contribution < 1.29 is 4.11 Å². The van der Waals surface area contributed by atoms with E-state index in [0.29, 0.717) is 0 Å². The summed E-state index contributed by atoms with van der Waals surface area (Å²) >= 11 is 0. The van der Waals surface area contributed by atoms with Crippen LogP contribution in [-0.4, -0.2) is 9.97 Å². The van der Waals surface area contributed by atoms with Crippen LogP contribution in [0.3, 0.4) is 0 Å². The molecule has 5 aromatic carbocycles. The average molecular weight is 664 g/mol. The van der Waals surface area contributed by atoms with E-state index in [1.807, 2.05) is 6.20 Å². The lowest BCUT2D eigenvalue weighted by atomic mass is 9.91. The van der Waals surface area contributed by atoms with Crippen LogP contribution < -0.4 is 0 Å². The van der Waals surface area contributed by atoms with Gasteiger partial charge in [-0.2, -0.15) is 0 Å². The first-order valence-electron chi connectivity index (χ1n) is 19.7. The van der Waals surface area contributed by atoms with E-state index in [1.165, 1.54) is 87.5 Å². The summed E-state index contributed by atoms with van der Waals surface area (Å²) in [4.78, 5) is 9.15. The first-order chi connectivity index (χ1) is 26.3. The number of aryl methyl sites for hydroxylation is 4. The third kappa shape index (κ3) is 7.47. The van der Waals surface area contributed by atoms with Gasteiger partial charge in [-0.3, -0.25) is 9.97 Å². The maximum Gasteiger partial charge on any atom is 0.0708 e. The normalized spacial score (nSPS) is 14.2. The molecule has 2 nitrogen and oxygen atoms in total. The second-order valence-electron chi connectivity index (χ2n) is 14.0. The molecule has 0 saturated heterocycles. The summed E-state index contributed by atoms with van der Waals surface area (Å²) in [6.45, 7) is 0.0292. The number of benzene rings is 5. The number of hydrogen-bond acceptors (Lipinski definition) is 2. The summed E-state index contributed by atoms with van der Waals surface area (Å²) < 4.78 is 22.8. The average Bonchev–Trinajstić information content (AvgIpc) is 3.76. The fourth-order valence-corrected chi connectivity index (χ4v) is 7.64. The van der Waals surface area contributed by atoms with Gasteiger partial charge < -0.3 is 0 Å². The molecule has 1 aliphatic rings. The maximum absolute atomic E-state index is 7.59. The molecular formula is C49H44N2. The SMILES string of the molecule is [2H]C([2H])([2H])c1ccc(-c2ccc(CCc3cc(C)cc(-c4ccccc4-c4ccc(-c5cc(-c6ccc(C7CCCC7)cc6)ccn5)cc4)c3)cc2)nc1. The monoisotopic (exact) mass is 663 g/mol. The third-order valence-corrected chi connectivity index (χ3v) is 10.4. The van der Waals surface area contributed by atoms with Crippen molar-refractivity contribution in [2.75, 3.05) is 0 Å². The number of hydrogen-bond donors (Lipinski definition) is 0. The fraction of sp³-hybridized carbons (Fsp3) is 0.184. The Kier molecular flexibility index (Phi) is 8.41. The van der Waals surface area contributed by atoms with Gasteiger partial charge in [0.25, 0.3) is 0 Å². The molecule has 51 heavy (non-hydrogen) atoms. The van der Waals surface area contributed by atoms with Crippen molar-refractivity contribution in [2.45, 2.75) is 58.2 Å². The van der Waals surface area contributed by atoms with Crippen molar-refractivity contribution in [3.63, 3.8) is 0 Å². The minimum Gasteiger partial charge on any atom is -0.256 e. The van der Waals surface area contributed by atoms with Gasteiger partial charge in [0.1, 0.15) is 0 Å². The molecule has 0 radical (unpaired) electrons. The second-order valence-corrected chi connectivity index (χ2v) is 14.0. The van der Waals surface area contributed by atoms with Crippen LogP contribution in [0, 0.1) is 13.8 Å². The van der Waals surface area contributed by atoms with Gasteiger partial charge in [0, 0.05) is 27.6 Å². The molecule has 0 bridgehead atoms. The summed E-state index contributed by atoms with van der Waals surface area (Å²) in [5.74, 6) is 0.725. The third-order valence-electron chi connectivity index (χ3n) is 10.4. The number of pyridine rings is 2. The highest BCUT2D eigenvalue weighted by Gasteiger charge is 2.17. The van der Waals surface area contributed by atoms with Crippen molar-refractivity contribution >= 4 is 0 Å². The number of rotatable bonds is 9. The van der Waals surface area contributed by atoms with E-state index in [-0.39, 0.29) is 5.56 Å². The van der Waals surface area contributed by atoms with Crippen LogP contribution in [-0.2, 0) is 12.8 Å². The van der Waals surface area contributed by atoms with Gasteiger partial charge in [-0.1, -0.05) is 140 Å². The van der Waals surface area contributed by atoms with Crippen LogP contribution in [0.15, 0.2) is 152 Å². The minimum atomic E-state index is -2.15. The highest BCUT2D eigenvalue weighted by Crippen LogP contribution is 2.37. The topological polar surface area (TPSA) is 25.8 Å². The van der Waals surface area contributed by atoms with Crippen LogP contribution in [0.2, 0.25) is 0 Å². The van der Waals surface area contributed by atoms with Gasteiger partial charge in [0.15, 0.2) is 0 Å². The predicted octanol–water partition coefficient (Wildman–Crippen LogP) is 12.9. The Morgan fingerprint density at radius 3 is 1.92 bits per heavy atom. The van der Waals surface area contributed by atoms with E-state index in [4.69, 9.17) is 9.10 Å². The van der Waals surface area contributed by atoms with Crippen molar-refractivity contribution in [3.05, 3.63) is 180 Å². The van der Waals surface area contributed by atoms with Gasteiger partial charge in [-0.15, -0.1) is 0 Å². The Hall–Kier alpha value is -5.60. The van der Waals surface area contributed by atoms with Gasteiger partial charge in [0.05, 0.1) is 11.4 Å². The molecule has 2 heterocycles. The summed E-state index contributed by atoms with van der Waals surface area (Å²) in [5, 5.41) is 0. The quantitative estimate of drug-likeness (QED) is 0.154. The van der Waals surface area contributed by atoms with Crippen molar-refractivity contribution in [1.29, 1.82) is 0 Å². The standard InChI is InChI=1S/C49H44N2/c1-34-11-26-48(51-33-34)42-16-14-36(15-17-42)12-13-37-29-35(2)30-45(31-37)47-10-6-5-9-46(47)41-22-24-43(25-23-41)49-32-44(27-28-50-49)40-20-18-39(19-21-40)38-7-3-4-8-38/h5-6,9-11,14-33,38H,3-4,7-8,12-13H2,1-2H3/i1D3. The molecule has 1 aliphatic carbocycles. The van der Waals surface area contributed by atoms with Crippen LogP contribution in [0.5, 0.6) is 0 Å². The largest absolute Gasteiger partial charge is 0.256 e. The minimum absolute atomic E-state index is 0.256. The van der Waals surface area contributed by atoms with Crippen molar-refractivity contribution in [2.24, 2.45) is 0 Å². The molecule has 0 unspecified atom stereocenters. The first kappa shape index (κ1) is 29.2. The molecule has 7 aromatic rings. The molecule has 0 amide bonds. The lowest BCUT2D eigenvalue weighted by Gasteiger charge is -2.14. The Balaban J connectivity index is 0.969. The molecule has 1 fully saturated rings. The Labute approximate surface area is 307 Å². The van der Waals surface area contributed by atoms with E-state index >= 15 is 0 Å². The Morgan fingerprint density at radius 2 is 1.20 bits per heavy atom. The molecule has 0 N–H and O–H groups in total. The van der Waals surface area contributed by atoms with Crippen molar-refractivity contribution in [1.82, 2.24) is 9.97 Å². The fourth-order valence-electron chi connectivity index (χ4n) is 7.64. The van der Waals surface area contributed by atoms with Gasteiger partial charge in [0.2, 0.25) is 0 Å². The van der Waals surface area contributed by atoms with E-state index < -0.39 is 6.85 Å². The van der Waals surface area contributed by atoms with E-state index in [0.717, 1.165) is 41.3 Å². The molecule has 8 rings (SSSR count). The van der Waals surface area contributed by atoms with Gasteiger partial charge in [-0.25, -0.2) is 0 Å². The molecule has 0 atom stereocenters. The zero-order valence-corrected chi connectivity index (χ0v) is 29.1.